The lowest BCUT2D eigenvalue weighted by Crippen LogP contribution is -2.18. The van der Waals surface area contributed by atoms with Crippen LogP contribution in [0.25, 0.3) is 0 Å². The van der Waals surface area contributed by atoms with E-state index in [0.717, 1.165) is 0 Å². The standard InChI is InChI=1S/C6H13NO4/c1-5(8)4-6(9)2-3-7(10)11/h5-6,8-9H,2-4H2,1H3. The first kappa shape index (κ1) is 10.3. The van der Waals surface area contributed by atoms with Crippen molar-refractivity contribution in [3.63, 3.8) is 0 Å². The highest BCUT2D eigenvalue weighted by molar-refractivity contribution is 4.58. The zero-order valence-electron chi connectivity index (χ0n) is 6.43. The molecule has 0 aliphatic rings. The SMILES string of the molecule is CC(O)CC(O)CC[N+](=O)[O-]. The van der Waals surface area contributed by atoms with E-state index in [2.05, 4.69) is 0 Å². The third-order valence-corrected chi connectivity index (χ3v) is 1.26. The maximum Gasteiger partial charge on any atom is 0.206 e. The van der Waals surface area contributed by atoms with Gasteiger partial charge in [-0.15, -0.1) is 0 Å². The number of rotatable bonds is 5. The molecule has 0 aliphatic heterocycles. The van der Waals surface area contributed by atoms with E-state index in [1.807, 2.05) is 0 Å². The summed E-state index contributed by atoms with van der Waals surface area (Å²) in [6, 6.07) is 0. The van der Waals surface area contributed by atoms with E-state index >= 15 is 0 Å². The Kier molecular flexibility index (Phi) is 4.72. The summed E-state index contributed by atoms with van der Waals surface area (Å²) in [6.07, 6.45) is -1.05. The van der Waals surface area contributed by atoms with Crippen molar-refractivity contribution in [1.29, 1.82) is 0 Å². The molecule has 0 saturated heterocycles. The van der Waals surface area contributed by atoms with E-state index in [-0.39, 0.29) is 19.4 Å². The summed E-state index contributed by atoms with van der Waals surface area (Å²) in [5, 5.41) is 27.6. The van der Waals surface area contributed by atoms with Gasteiger partial charge < -0.3 is 10.2 Å². The topological polar surface area (TPSA) is 83.6 Å². The van der Waals surface area contributed by atoms with Gasteiger partial charge >= 0.3 is 0 Å². The molecular weight excluding hydrogens is 150 g/mol. The highest BCUT2D eigenvalue weighted by Crippen LogP contribution is 2.01. The lowest BCUT2D eigenvalue weighted by Gasteiger charge is -2.09. The third-order valence-electron chi connectivity index (χ3n) is 1.26. The average Bonchev–Trinajstić information content (AvgIpc) is 1.82. The Hall–Kier alpha value is -0.680. The fourth-order valence-corrected chi connectivity index (χ4v) is 0.766. The van der Waals surface area contributed by atoms with Gasteiger partial charge in [0.1, 0.15) is 0 Å². The summed E-state index contributed by atoms with van der Waals surface area (Å²) in [5.74, 6) is 0. The minimum Gasteiger partial charge on any atom is -0.393 e. The first-order valence-corrected chi connectivity index (χ1v) is 3.50. The number of aliphatic hydroxyl groups excluding tert-OH is 2. The van der Waals surface area contributed by atoms with Gasteiger partial charge in [0.05, 0.1) is 12.2 Å². The summed E-state index contributed by atoms with van der Waals surface area (Å²) in [5.41, 5.74) is 0. The van der Waals surface area contributed by atoms with Crippen LogP contribution in [-0.2, 0) is 0 Å². The van der Waals surface area contributed by atoms with Crippen molar-refractivity contribution in [2.45, 2.75) is 32.0 Å². The largest absolute Gasteiger partial charge is 0.393 e. The van der Waals surface area contributed by atoms with Crippen molar-refractivity contribution in [3.05, 3.63) is 10.1 Å². The second-order valence-corrected chi connectivity index (χ2v) is 2.58. The molecule has 11 heavy (non-hydrogen) atoms. The zero-order chi connectivity index (χ0) is 8.85. The number of aliphatic hydroxyl groups is 2. The van der Waals surface area contributed by atoms with Crippen LogP contribution in [0.15, 0.2) is 0 Å². The van der Waals surface area contributed by atoms with E-state index < -0.39 is 17.1 Å². The second kappa shape index (κ2) is 5.03. The molecule has 0 aromatic carbocycles. The number of nitrogens with zero attached hydrogens (tertiary/aromatic N) is 1. The number of hydrogen-bond donors (Lipinski definition) is 2. The Morgan fingerprint density at radius 2 is 2.09 bits per heavy atom. The van der Waals surface area contributed by atoms with Gasteiger partial charge in [-0.05, 0) is 13.3 Å². The molecule has 0 saturated carbocycles. The molecule has 2 atom stereocenters. The molecule has 0 radical (unpaired) electrons. The molecule has 0 aliphatic carbocycles. The van der Waals surface area contributed by atoms with Gasteiger partial charge in [0.25, 0.3) is 0 Å². The lowest BCUT2D eigenvalue weighted by molar-refractivity contribution is -0.482. The fourth-order valence-electron chi connectivity index (χ4n) is 0.766. The van der Waals surface area contributed by atoms with E-state index in [1.165, 1.54) is 6.92 Å². The predicted molar refractivity (Wildman–Crippen MR) is 38.8 cm³/mol. The molecule has 0 bridgehead atoms. The molecule has 0 spiro atoms. The Labute approximate surface area is 64.8 Å². The van der Waals surface area contributed by atoms with Crippen molar-refractivity contribution < 1.29 is 15.1 Å². The fraction of sp³-hybridized carbons (Fsp3) is 1.00. The van der Waals surface area contributed by atoms with Crippen LogP contribution in [0.5, 0.6) is 0 Å². The molecule has 5 nitrogen and oxygen atoms in total. The van der Waals surface area contributed by atoms with Crippen LogP contribution in [0.2, 0.25) is 0 Å². The van der Waals surface area contributed by atoms with Gasteiger partial charge in [0.15, 0.2) is 0 Å². The maximum atomic E-state index is 9.82. The van der Waals surface area contributed by atoms with E-state index in [4.69, 9.17) is 10.2 Å². The molecule has 2 unspecified atom stereocenters. The molecule has 5 heteroatoms. The molecule has 0 fully saturated rings. The summed E-state index contributed by atoms with van der Waals surface area (Å²) >= 11 is 0. The molecule has 0 heterocycles. The minimum absolute atomic E-state index is 0.109. The normalized spacial score (nSPS) is 15.9. The lowest BCUT2D eigenvalue weighted by atomic mass is 10.1. The van der Waals surface area contributed by atoms with Crippen molar-refractivity contribution in [2.75, 3.05) is 6.54 Å². The van der Waals surface area contributed by atoms with Crippen molar-refractivity contribution >= 4 is 0 Å². The molecule has 0 aromatic heterocycles. The summed E-state index contributed by atoms with van der Waals surface area (Å²) in [6.45, 7) is 1.29. The Morgan fingerprint density at radius 3 is 2.45 bits per heavy atom. The Balaban J connectivity index is 3.37. The zero-order valence-corrected chi connectivity index (χ0v) is 6.43. The van der Waals surface area contributed by atoms with Crippen molar-refractivity contribution in [1.82, 2.24) is 0 Å². The summed E-state index contributed by atoms with van der Waals surface area (Å²) < 4.78 is 0. The van der Waals surface area contributed by atoms with Crippen LogP contribution in [0.3, 0.4) is 0 Å². The molecule has 0 amide bonds. The Morgan fingerprint density at radius 1 is 1.55 bits per heavy atom. The van der Waals surface area contributed by atoms with Crippen LogP contribution in [0.1, 0.15) is 19.8 Å². The van der Waals surface area contributed by atoms with Crippen LogP contribution < -0.4 is 0 Å². The first-order chi connectivity index (χ1) is 5.02. The highest BCUT2D eigenvalue weighted by atomic mass is 16.6. The van der Waals surface area contributed by atoms with Crippen LogP contribution >= 0.6 is 0 Å². The van der Waals surface area contributed by atoms with Gasteiger partial charge in [-0.3, -0.25) is 10.1 Å². The summed E-state index contributed by atoms with van der Waals surface area (Å²) in [7, 11) is 0. The van der Waals surface area contributed by atoms with Gasteiger partial charge in [-0.25, -0.2) is 0 Å². The van der Waals surface area contributed by atoms with Gasteiger partial charge in [-0.1, -0.05) is 0 Å². The van der Waals surface area contributed by atoms with E-state index in [0.29, 0.717) is 0 Å². The number of nitro groups is 1. The minimum atomic E-state index is -0.764. The van der Waals surface area contributed by atoms with Gasteiger partial charge in [0.2, 0.25) is 6.54 Å². The van der Waals surface area contributed by atoms with Crippen molar-refractivity contribution in [3.8, 4) is 0 Å². The van der Waals surface area contributed by atoms with Crippen LogP contribution in [-0.4, -0.2) is 33.9 Å². The summed E-state index contributed by atoms with van der Waals surface area (Å²) in [4.78, 5) is 9.34. The molecule has 0 aromatic rings. The van der Waals surface area contributed by atoms with E-state index in [1.54, 1.807) is 0 Å². The van der Waals surface area contributed by atoms with Gasteiger partial charge in [-0.2, -0.15) is 0 Å². The van der Waals surface area contributed by atoms with Crippen molar-refractivity contribution in [2.24, 2.45) is 0 Å². The van der Waals surface area contributed by atoms with Crippen LogP contribution in [0.4, 0.5) is 0 Å². The second-order valence-electron chi connectivity index (χ2n) is 2.58. The molecule has 0 rings (SSSR count). The molecule has 2 N–H and O–H groups in total. The predicted octanol–water partition coefficient (Wildman–Crippen LogP) is -0.215. The number of hydrogen-bond acceptors (Lipinski definition) is 4. The smallest absolute Gasteiger partial charge is 0.206 e. The average molecular weight is 163 g/mol. The first-order valence-electron chi connectivity index (χ1n) is 3.50. The molecular formula is C6H13NO4. The third kappa shape index (κ3) is 7.21. The monoisotopic (exact) mass is 163 g/mol. The van der Waals surface area contributed by atoms with Gasteiger partial charge in [0, 0.05) is 11.3 Å². The van der Waals surface area contributed by atoms with E-state index in [9.17, 15) is 10.1 Å². The maximum absolute atomic E-state index is 9.82. The highest BCUT2D eigenvalue weighted by Gasteiger charge is 2.10. The quantitative estimate of drug-likeness (QED) is 0.433. The van der Waals surface area contributed by atoms with Crippen LogP contribution in [0, 0.1) is 10.1 Å². The Bertz CT molecular complexity index is 126. The molecule has 66 valence electrons.